The van der Waals surface area contributed by atoms with E-state index in [4.69, 9.17) is 20.9 Å². The van der Waals surface area contributed by atoms with Gasteiger partial charge in [0.25, 0.3) is 0 Å². The Hall–Kier alpha value is -4.06. The first-order chi connectivity index (χ1) is 15.9. The van der Waals surface area contributed by atoms with Gasteiger partial charge in [-0.15, -0.1) is 0 Å². The molecule has 0 heterocycles. The van der Waals surface area contributed by atoms with Crippen molar-refractivity contribution in [2.24, 2.45) is 16.9 Å². The first kappa shape index (κ1) is 20.8. The quantitative estimate of drug-likeness (QED) is 0.472. The molecule has 33 heavy (non-hydrogen) atoms. The highest BCUT2D eigenvalue weighted by Crippen LogP contribution is 2.51. The van der Waals surface area contributed by atoms with Crippen LogP contribution in [0.3, 0.4) is 0 Å². The zero-order valence-electron chi connectivity index (χ0n) is 18.5. The molecule has 6 heteroatoms. The van der Waals surface area contributed by atoms with Gasteiger partial charge in [-0.05, 0) is 44.8 Å². The summed E-state index contributed by atoms with van der Waals surface area (Å²) >= 11 is 0. The van der Waals surface area contributed by atoms with Crippen molar-refractivity contribution in [2.45, 2.75) is 12.8 Å². The van der Waals surface area contributed by atoms with Crippen LogP contribution in [0.15, 0.2) is 60.7 Å². The SMILES string of the molecule is COc1cc2ccccc2c2c1CC(C(N)=O)(C(N)=O)Cc1c(OC)cc3ccccc3c1-2. The maximum atomic E-state index is 12.9. The van der Waals surface area contributed by atoms with Gasteiger partial charge in [-0.1, -0.05) is 48.5 Å². The van der Waals surface area contributed by atoms with Gasteiger partial charge in [0, 0.05) is 24.0 Å². The summed E-state index contributed by atoms with van der Waals surface area (Å²) in [4.78, 5) is 25.7. The van der Waals surface area contributed by atoms with Crippen LogP contribution >= 0.6 is 0 Å². The van der Waals surface area contributed by atoms with Crippen LogP contribution in [0.4, 0.5) is 0 Å². The van der Waals surface area contributed by atoms with Crippen LogP contribution in [0.5, 0.6) is 11.5 Å². The third-order valence-electron chi connectivity index (χ3n) is 6.82. The van der Waals surface area contributed by atoms with E-state index < -0.39 is 17.2 Å². The normalized spacial score (nSPS) is 14.2. The number of amides is 2. The predicted molar refractivity (Wildman–Crippen MR) is 128 cm³/mol. The molecule has 4 N–H and O–H groups in total. The maximum absolute atomic E-state index is 12.9. The first-order valence-corrected chi connectivity index (χ1v) is 10.7. The summed E-state index contributed by atoms with van der Waals surface area (Å²) < 4.78 is 11.6. The monoisotopic (exact) mass is 440 g/mol. The minimum atomic E-state index is -1.63. The number of ether oxygens (including phenoxy) is 2. The zero-order valence-corrected chi connectivity index (χ0v) is 18.5. The number of methoxy groups -OCH3 is 2. The number of primary amides is 2. The second-order valence-corrected chi connectivity index (χ2v) is 8.47. The Morgan fingerprint density at radius 3 is 1.48 bits per heavy atom. The van der Waals surface area contributed by atoms with Gasteiger partial charge in [0.15, 0.2) is 0 Å². The second-order valence-electron chi connectivity index (χ2n) is 8.47. The Balaban J connectivity index is 2.07. The molecule has 0 unspecified atom stereocenters. The number of carbonyl (C=O) groups is 2. The molecule has 4 aromatic rings. The van der Waals surface area contributed by atoms with Crippen LogP contribution in [0, 0.1) is 5.41 Å². The predicted octanol–water partition coefficient (Wildman–Crippen LogP) is 3.73. The van der Waals surface area contributed by atoms with Crippen molar-refractivity contribution in [1.82, 2.24) is 0 Å². The molecule has 0 bridgehead atoms. The molecule has 0 spiro atoms. The molecule has 0 aromatic heterocycles. The minimum Gasteiger partial charge on any atom is -0.496 e. The van der Waals surface area contributed by atoms with Crippen molar-refractivity contribution in [3.63, 3.8) is 0 Å². The molecule has 0 saturated heterocycles. The number of rotatable bonds is 4. The molecule has 0 atom stereocenters. The van der Waals surface area contributed by atoms with E-state index in [0.29, 0.717) is 11.5 Å². The van der Waals surface area contributed by atoms with E-state index >= 15 is 0 Å². The molecule has 166 valence electrons. The lowest BCUT2D eigenvalue weighted by Gasteiger charge is -2.27. The van der Waals surface area contributed by atoms with E-state index in [2.05, 4.69) is 0 Å². The van der Waals surface area contributed by atoms with Crippen LogP contribution in [0.2, 0.25) is 0 Å². The standard InChI is InChI=1S/C27H24N2O4/c1-32-21-11-15-7-3-5-9-17(15)23-19(21)13-27(25(28)30,26(29)31)14-20-22(33-2)12-16-8-4-6-10-18(16)24(20)23/h3-12H,13-14H2,1-2H3,(H2,28,30)(H2,29,31). The van der Waals surface area contributed by atoms with Gasteiger partial charge in [0.05, 0.1) is 14.2 Å². The van der Waals surface area contributed by atoms with Crippen LogP contribution in [0.1, 0.15) is 11.1 Å². The molecule has 0 aliphatic heterocycles. The number of hydrogen-bond donors (Lipinski definition) is 2. The molecular formula is C27H24N2O4. The van der Waals surface area contributed by atoms with Gasteiger partial charge in [-0.3, -0.25) is 9.59 Å². The van der Waals surface area contributed by atoms with E-state index in [-0.39, 0.29) is 12.8 Å². The van der Waals surface area contributed by atoms with E-state index in [1.165, 1.54) is 0 Å². The van der Waals surface area contributed by atoms with Gasteiger partial charge in [0.2, 0.25) is 11.8 Å². The lowest BCUT2D eigenvalue weighted by atomic mass is 9.76. The Labute approximate surface area is 191 Å². The minimum absolute atomic E-state index is 0.0349. The molecule has 6 nitrogen and oxygen atoms in total. The largest absolute Gasteiger partial charge is 0.496 e. The number of benzene rings is 4. The second kappa shape index (κ2) is 7.52. The van der Waals surface area contributed by atoms with Crippen LogP contribution in [-0.4, -0.2) is 26.0 Å². The third kappa shape index (κ3) is 2.94. The Morgan fingerprint density at radius 1 is 0.727 bits per heavy atom. The molecular weight excluding hydrogens is 416 g/mol. The van der Waals surface area contributed by atoms with Gasteiger partial charge in [-0.2, -0.15) is 0 Å². The van der Waals surface area contributed by atoms with Crippen molar-refractivity contribution in [1.29, 1.82) is 0 Å². The van der Waals surface area contributed by atoms with E-state index in [9.17, 15) is 9.59 Å². The summed E-state index contributed by atoms with van der Waals surface area (Å²) in [6.45, 7) is 0. The third-order valence-corrected chi connectivity index (χ3v) is 6.82. The smallest absolute Gasteiger partial charge is 0.233 e. The molecule has 1 aliphatic carbocycles. The number of hydrogen-bond acceptors (Lipinski definition) is 4. The Morgan fingerprint density at radius 2 is 1.12 bits per heavy atom. The van der Waals surface area contributed by atoms with Crippen LogP contribution in [-0.2, 0) is 22.4 Å². The first-order valence-electron chi connectivity index (χ1n) is 10.7. The fraction of sp³-hybridized carbons (Fsp3) is 0.185. The Bertz CT molecular complexity index is 1350. The van der Waals surface area contributed by atoms with Crippen molar-refractivity contribution in [2.75, 3.05) is 14.2 Å². The summed E-state index contributed by atoms with van der Waals surface area (Å²) in [6, 6.07) is 19.8. The van der Waals surface area contributed by atoms with Crippen molar-refractivity contribution in [3.8, 4) is 22.6 Å². The molecule has 5 rings (SSSR count). The molecule has 4 aromatic carbocycles. The van der Waals surface area contributed by atoms with Crippen molar-refractivity contribution < 1.29 is 19.1 Å². The average molecular weight is 440 g/mol. The van der Waals surface area contributed by atoms with Crippen molar-refractivity contribution in [3.05, 3.63) is 71.8 Å². The Kier molecular flexibility index (Phi) is 4.74. The summed E-state index contributed by atoms with van der Waals surface area (Å²) in [5.74, 6) is -0.371. The van der Waals surface area contributed by atoms with E-state index in [1.807, 2.05) is 60.7 Å². The topological polar surface area (TPSA) is 105 Å². The molecule has 0 radical (unpaired) electrons. The van der Waals surface area contributed by atoms with E-state index in [1.54, 1.807) is 14.2 Å². The van der Waals surface area contributed by atoms with Crippen LogP contribution < -0.4 is 20.9 Å². The van der Waals surface area contributed by atoms with Gasteiger partial charge >= 0.3 is 0 Å². The molecule has 0 fully saturated rings. The van der Waals surface area contributed by atoms with Gasteiger partial charge < -0.3 is 20.9 Å². The number of carbonyl (C=O) groups excluding carboxylic acids is 2. The maximum Gasteiger partial charge on any atom is 0.233 e. The zero-order chi connectivity index (χ0) is 23.3. The van der Waals surface area contributed by atoms with Crippen molar-refractivity contribution >= 4 is 33.4 Å². The summed E-state index contributed by atoms with van der Waals surface area (Å²) in [5, 5.41) is 3.93. The van der Waals surface area contributed by atoms with Gasteiger partial charge in [-0.25, -0.2) is 0 Å². The van der Waals surface area contributed by atoms with Gasteiger partial charge in [0.1, 0.15) is 16.9 Å². The highest BCUT2D eigenvalue weighted by Gasteiger charge is 2.47. The molecule has 2 amide bonds. The number of nitrogens with two attached hydrogens (primary N) is 2. The average Bonchev–Trinajstić information content (AvgIpc) is 2.99. The fourth-order valence-electron chi connectivity index (χ4n) is 5.15. The lowest BCUT2D eigenvalue weighted by Crippen LogP contribution is -2.50. The number of fused-ring (bicyclic) bond motifs is 7. The highest BCUT2D eigenvalue weighted by atomic mass is 16.5. The summed E-state index contributed by atoms with van der Waals surface area (Å²) in [5.41, 5.74) is 13.4. The fourth-order valence-corrected chi connectivity index (χ4v) is 5.15. The highest BCUT2D eigenvalue weighted by molar-refractivity contribution is 6.12. The van der Waals surface area contributed by atoms with E-state index in [0.717, 1.165) is 43.8 Å². The molecule has 0 saturated carbocycles. The van der Waals surface area contributed by atoms with Crippen LogP contribution in [0.25, 0.3) is 32.7 Å². The summed E-state index contributed by atoms with van der Waals surface area (Å²) in [7, 11) is 3.16. The summed E-state index contributed by atoms with van der Waals surface area (Å²) in [6.07, 6.45) is 0.0698. The lowest BCUT2D eigenvalue weighted by molar-refractivity contribution is -0.139. The molecule has 1 aliphatic rings.